The molecule has 0 bridgehead atoms. The van der Waals surface area contributed by atoms with Gasteiger partial charge in [0.25, 0.3) is 5.91 Å². The minimum Gasteiger partial charge on any atom is -0.397 e. The van der Waals surface area contributed by atoms with Crippen LogP contribution in [0.2, 0.25) is 5.02 Å². The number of nitrogens with one attached hydrogen (secondary N) is 1. The number of aryl methyl sites for hydroxylation is 1. The minimum atomic E-state index is -0.258. The van der Waals surface area contributed by atoms with Gasteiger partial charge in [-0.15, -0.1) is 11.3 Å². The lowest BCUT2D eigenvalue weighted by molar-refractivity contribution is 0.103. The van der Waals surface area contributed by atoms with E-state index in [9.17, 15) is 4.79 Å². The van der Waals surface area contributed by atoms with Gasteiger partial charge in [0.05, 0.1) is 16.4 Å². The van der Waals surface area contributed by atoms with Crippen LogP contribution in [0.1, 0.15) is 15.2 Å². The van der Waals surface area contributed by atoms with Crippen LogP contribution in [0, 0.1) is 6.92 Å². The van der Waals surface area contributed by atoms with E-state index in [1.165, 1.54) is 11.3 Å². The normalized spacial score (nSPS) is 10.4. The van der Waals surface area contributed by atoms with Crippen LogP contribution in [0.5, 0.6) is 0 Å². The lowest BCUT2D eigenvalue weighted by Gasteiger charge is -2.11. The number of carbonyl (C=O) groups is 1. The fourth-order valence-electron chi connectivity index (χ4n) is 1.53. The zero-order valence-corrected chi connectivity index (χ0v) is 12.6. The van der Waals surface area contributed by atoms with Crippen molar-refractivity contribution in [1.29, 1.82) is 0 Å². The largest absolute Gasteiger partial charge is 0.397 e. The van der Waals surface area contributed by atoms with Crippen molar-refractivity contribution in [2.24, 2.45) is 0 Å². The van der Waals surface area contributed by atoms with Gasteiger partial charge in [0, 0.05) is 4.47 Å². The first-order valence-electron chi connectivity index (χ1n) is 5.09. The maximum atomic E-state index is 12.0. The number of nitrogen functional groups attached to an aromatic ring is 1. The van der Waals surface area contributed by atoms with Gasteiger partial charge in [-0.1, -0.05) is 11.6 Å². The molecule has 94 valence electrons. The molecular weight excluding hydrogens is 336 g/mol. The van der Waals surface area contributed by atoms with Crippen molar-refractivity contribution < 1.29 is 4.79 Å². The van der Waals surface area contributed by atoms with Crippen LogP contribution in [0.4, 0.5) is 11.4 Å². The Morgan fingerprint density at radius 3 is 2.78 bits per heavy atom. The van der Waals surface area contributed by atoms with E-state index in [2.05, 4.69) is 21.2 Å². The van der Waals surface area contributed by atoms with E-state index in [0.29, 0.717) is 21.3 Å². The highest BCUT2D eigenvalue weighted by Crippen LogP contribution is 2.31. The van der Waals surface area contributed by atoms with Crippen LogP contribution in [0.15, 0.2) is 28.1 Å². The van der Waals surface area contributed by atoms with Gasteiger partial charge in [-0.3, -0.25) is 4.79 Å². The summed E-state index contributed by atoms with van der Waals surface area (Å²) >= 11 is 10.6. The lowest BCUT2D eigenvalue weighted by atomic mass is 10.2. The molecule has 0 aliphatic rings. The SMILES string of the molecule is Cc1cc(N)c(NC(=O)c2sccc2Cl)c(Br)c1. The molecule has 0 atom stereocenters. The maximum Gasteiger partial charge on any atom is 0.267 e. The van der Waals surface area contributed by atoms with Gasteiger partial charge in [-0.2, -0.15) is 0 Å². The summed E-state index contributed by atoms with van der Waals surface area (Å²) in [4.78, 5) is 12.5. The van der Waals surface area contributed by atoms with Crippen LogP contribution in [-0.2, 0) is 0 Å². The summed E-state index contributed by atoms with van der Waals surface area (Å²) in [5.41, 5.74) is 7.99. The highest BCUT2D eigenvalue weighted by atomic mass is 79.9. The fraction of sp³-hybridized carbons (Fsp3) is 0.0833. The Hall–Kier alpha value is -1.04. The number of hydrogen-bond donors (Lipinski definition) is 2. The van der Waals surface area contributed by atoms with E-state index in [-0.39, 0.29) is 5.91 Å². The molecule has 2 rings (SSSR count). The Morgan fingerprint density at radius 2 is 2.22 bits per heavy atom. The molecule has 2 aromatic rings. The third kappa shape index (κ3) is 2.68. The molecule has 0 fully saturated rings. The van der Waals surface area contributed by atoms with Crippen molar-refractivity contribution in [2.45, 2.75) is 6.92 Å². The molecule has 18 heavy (non-hydrogen) atoms. The predicted octanol–water partition coefficient (Wildman–Crippen LogP) is 4.31. The van der Waals surface area contributed by atoms with E-state index in [4.69, 9.17) is 17.3 Å². The van der Waals surface area contributed by atoms with Gasteiger partial charge in [0.15, 0.2) is 0 Å². The van der Waals surface area contributed by atoms with Crippen LogP contribution in [0.25, 0.3) is 0 Å². The van der Waals surface area contributed by atoms with Crippen molar-refractivity contribution in [3.05, 3.63) is 43.5 Å². The van der Waals surface area contributed by atoms with Gasteiger partial charge in [0.2, 0.25) is 0 Å². The number of thiophene rings is 1. The van der Waals surface area contributed by atoms with Gasteiger partial charge in [0.1, 0.15) is 4.88 Å². The fourth-order valence-corrected chi connectivity index (χ4v) is 3.25. The Labute approximate surface area is 122 Å². The Bertz CT molecular complexity index is 589. The molecule has 0 radical (unpaired) electrons. The van der Waals surface area contributed by atoms with Crippen molar-refractivity contribution in [2.75, 3.05) is 11.1 Å². The molecule has 3 nitrogen and oxygen atoms in total. The first kappa shape index (κ1) is 13.4. The molecule has 1 aromatic carbocycles. The van der Waals surface area contributed by atoms with Crippen molar-refractivity contribution in [3.63, 3.8) is 0 Å². The molecule has 0 spiro atoms. The zero-order chi connectivity index (χ0) is 13.3. The first-order chi connectivity index (χ1) is 8.49. The molecule has 0 saturated carbocycles. The van der Waals surface area contributed by atoms with Gasteiger partial charge < -0.3 is 11.1 Å². The number of carbonyl (C=O) groups excluding carboxylic acids is 1. The number of anilines is 2. The van der Waals surface area contributed by atoms with E-state index < -0.39 is 0 Å². The molecule has 6 heteroatoms. The molecule has 0 saturated heterocycles. The third-order valence-corrected chi connectivity index (χ3v) is 4.29. The van der Waals surface area contributed by atoms with Crippen molar-refractivity contribution >= 4 is 56.1 Å². The van der Waals surface area contributed by atoms with E-state index >= 15 is 0 Å². The number of benzene rings is 1. The smallest absolute Gasteiger partial charge is 0.267 e. The Kier molecular flexibility index (Phi) is 3.94. The Balaban J connectivity index is 2.31. The third-order valence-electron chi connectivity index (χ3n) is 2.33. The summed E-state index contributed by atoms with van der Waals surface area (Å²) in [5.74, 6) is -0.258. The molecular formula is C12H10BrClN2OS. The molecule has 0 aliphatic carbocycles. The highest BCUT2D eigenvalue weighted by molar-refractivity contribution is 9.10. The van der Waals surface area contributed by atoms with Crippen LogP contribution >= 0.6 is 38.9 Å². The van der Waals surface area contributed by atoms with Crippen molar-refractivity contribution in [3.8, 4) is 0 Å². The monoisotopic (exact) mass is 344 g/mol. The standard InChI is InChI=1S/C12H10BrClN2OS/c1-6-4-7(13)10(9(15)5-6)16-12(17)11-8(14)2-3-18-11/h2-5H,15H2,1H3,(H,16,17). The summed E-state index contributed by atoms with van der Waals surface area (Å²) in [6.07, 6.45) is 0. The quantitative estimate of drug-likeness (QED) is 0.797. The second-order valence-electron chi connectivity index (χ2n) is 3.76. The highest BCUT2D eigenvalue weighted by Gasteiger charge is 2.15. The molecule has 3 N–H and O–H groups in total. The topological polar surface area (TPSA) is 55.1 Å². The van der Waals surface area contributed by atoms with Crippen molar-refractivity contribution in [1.82, 2.24) is 0 Å². The maximum absolute atomic E-state index is 12.0. The molecule has 1 heterocycles. The molecule has 1 aromatic heterocycles. The molecule has 1 amide bonds. The van der Waals surface area contributed by atoms with E-state index in [1.807, 2.05) is 13.0 Å². The van der Waals surface area contributed by atoms with Crippen LogP contribution in [-0.4, -0.2) is 5.91 Å². The second kappa shape index (κ2) is 5.30. The summed E-state index contributed by atoms with van der Waals surface area (Å²) in [6.45, 7) is 1.93. The predicted molar refractivity (Wildman–Crippen MR) is 80.6 cm³/mol. The van der Waals surface area contributed by atoms with Crippen LogP contribution < -0.4 is 11.1 Å². The number of nitrogens with two attached hydrogens (primary N) is 1. The average Bonchev–Trinajstić information content (AvgIpc) is 2.69. The summed E-state index contributed by atoms with van der Waals surface area (Å²) in [7, 11) is 0. The average molecular weight is 346 g/mol. The van der Waals surface area contributed by atoms with E-state index in [1.54, 1.807) is 17.5 Å². The second-order valence-corrected chi connectivity index (χ2v) is 5.94. The van der Waals surface area contributed by atoms with Gasteiger partial charge >= 0.3 is 0 Å². The van der Waals surface area contributed by atoms with Crippen LogP contribution in [0.3, 0.4) is 0 Å². The molecule has 0 aliphatic heterocycles. The Morgan fingerprint density at radius 1 is 1.50 bits per heavy atom. The summed E-state index contributed by atoms with van der Waals surface area (Å²) in [5, 5.41) is 4.98. The number of hydrogen-bond acceptors (Lipinski definition) is 3. The summed E-state index contributed by atoms with van der Waals surface area (Å²) < 4.78 is 0.751. The molecule has 0 unspecified atom stereocenters. The summed E-state index contributed by atoms with van der Waals surface area (Å²) in [6, 6.07) is 5.38. The number of rotatable bonds is 2. The van der Waals surface area contributed by atoms with Gasteiger partial charge in [-0.25, -0.2) is 0 Å². The van der Waals surface area contributed by atoms with E-state index in [0.717, 1.165) is 10.0 Å². The zero-order valence-electron chi connectivity index (χ0n) is 9.46. The number of amides is 1. The van der Waals surface area contributed by atoms with Gasteiger partial charge in [-0.05, 0) is 52.0 Å². The lowest BCUT2D eigenvalue weighted by Crippen LogP contribution is -2.12. The minimum absolute atomic E-state index is 0.258. The first-order valence-corrected chi connectivity index (χ1v) is 7.14. The number of halogens is 2.